The number of ether oxygens (including phenoxy) is 1. The summed E-state index contributed by atoms with van der Waals surface area (Å²) in [6.45, 7) is 4.91. The lowest BCUT2D eigenvalue weighted by Crippen LogP contribution is -2.39. The van der Waals surface area contributed by atoms with Gasteiger partial charge in [-0.05, 0) is 52.0 Å². The van der Waals surface area contributed by atoms with Crippen LogP contribution in [0.3, 0.4) is 0 Å². The molecule has 1 saturated carbocycles. The Balaban J connectivity index is 2.16. The van der Waals surface area contributed by atoms with Gasteiger partial charge >= 0.3 is 5.97 Å². The van der Waals surface area contributed by atoms with Crippen LogP contribution in [-0.4, -0.2) is 36.4 Å². The van der Waals surface area contributed by atoms with Crippen LogP contribution in [-0.2, 0) is 9.53 Å². The quantitative estimate of drug-likeness (QED) is 0.693. The predicted molar refractivity (Wildman–Crippen MR) is 62.1 cm³/mol. The number of rotatable bonds is 5. The minimum Gasteiger partial charge on any atom is -0.465 e. The van der Waals surface area contributed by atoms with Crippen LogP contribution in [0.5, 0.6) is 0 Å². The van der Waals surface area contributed by atoms with Crippen molar-refractivity contribution in [3.8, 4) is 0 Å². The number of hydrogen-bond acceptors (Lipinski definition) is 4. The van der Waals surface area contributed by atoms with Crippen LogP contribution in [0.4, 0.5) is 0 Å². The van der Waals surface area contributed by atoms with Crippen LogP contribution in [0.1, 0.15) is 39.5 Å². The summed E-state index contributed by atoms with van der Waals surface area (Å²) in [7, 11) is 0. The Morgan fingerprint density at radius 2 is 2.06 bits per heavy atom. The molecule has 0 heterocycles. The summed E-state index contributed by atoms with van der Waals surface area (Å²) < 4.78 is 4.92. The van der Waals surface area contributed by atoms with Crippen LogP contribution in [0.15, 0.2) is 0 Å². The Labute approximate surface area is 97.4 Å². The minimum atomic E-state index is -0.230. The van der Waals surface area contributed by atoms with Crippen molar-refractivity contribution in [2.24, 2.45) is 5.92 Å². The molecule has 0 spiro atoms. The van der Waals surface area contributed by atoms with Crippen molar-refractivity contribution in [2.45, 2.75) is 51.7 Å². The van der Waals surface area contributed by atoms with E-state index in [1.54, 1.807) is 0 Å². The van der Waals surface area contributed by atoms with E-state index in [2.05, 4.69) is 5.32 Å². The van der Waals surface area contributed by atoms with Gasteiger partial charge in [-0.2, -0.15) is 0 Å². The number of hydrogen-bond donors (Lipinski definition) is 2. The summed E-state index contributed by atoms with van der Waals surface area (Å²) in [6, 6.07) is -0.230. The van der Waals surface area contributed by atoms with Gasteiger partial charge in [-0.15, -0.1) is 0 Å². The monoisotopic (exact) mass is 229 g/mol. The molecule has 1 rings (SSSR count). The Hall–Kier alpha value is -0.610. The molecule has 0 bridgehead atoms. The largest absolute Gasteiger partial charge is 0.465 e. The molecule has 0 amide bonds. The van der Waals surface area contributed by atoms with Gasteiger partial charge in [0, 0.05) is 0 Å². The first-order chi connectivity index (χ1) is 7.63. The van der Waals surface area contributed by atoms with Gasteiger partial charge in [-0.1, -0.05) is 0 Å². The lowest BCUT2D eigenvalue weighted by atomic mass is 9.87. The van der Waals surface area contributed by atoms with Crippen LogP contribution < -0.4 is 5.32 Å². The molecule has 4 nitrogen and oxygen atoms in total. The highest BCUT2D eigenvalue weighted by Crippen LogP contribution is 2.23. The third-order valence-corrected chi connectivity index (χ3v) is 3.17. The van der Waals surface area contributed by atoms with Crippen LogP contribution in [0.2, 0.25) is 0 Å². The molecule has 0 radical (unpaired) electrons. The van der Waals surface area contributed by atoms with Gasteiger partial charge in [0.1, 0.15) is 6.04 Å². The third kappa shape index (κ3) is 4.49. The third-order valence-electron chi connectivity index (χ3n) is 3.17. The zero-order valence-corrected chi connectivity index (χ0v) is 10.2. The maximum Gasteiger partial charge on any atom is 0.322 e. The summed E-state index contributed by atoms with van der Waals surface area (Å²) in [5.74, 6) is 0.402. The normalized spacial score (nSPS) is 27.4. The van der Waals surface area contributed by atoms with Gasteiger partial charge in [0.15, 0.2) is 0 Å². The summed E-state index contributed by atoms with van der Waals surface area (Å²) >= 11 is 0. The SMILES string of the molecule is CCOC(=O)C(C)NCC1CCC(O)CC1. The first-order valence-corrected chi connectivity index (χ1v) is 6.21. The highest BCUT2D eigenvalue weighted by Gasteiger charge is 2.21. The molecule has 1 fully saturated rings. The van der Waals surface area contributed by atoms with Crippen LogP contribution >= 0.6 is 0 Å². The van der Waals surface area contributed by atoms with Crippen LogP contribution in [0, 0.1) is 5.92 Å². The highest BCUT2D eigenvalue weighted by atomic mass is 16.5. The van der Waals surface area contributed by atoms with E-state index in [4.69, 9.17) is 4.74 Å². The van der Waals surface area contributed by atoms with E-state index in [1.165, 1.54) is 0 Å². The molecule has 16 heavy (non-hydrogen) atoms. The topological polar surface area (TPSA) is 58.6 Å². The molecule has 1 unspecified atom stereocenters. The highest BCUT2D eigenvalue weighted by molar-refractivity contribution is 5.75. The zero-order valence-electron chi connectivity index (χ0n) is 10.2. The summed E-state index contributed by atoms with van der Waals surface area (Å²) in [5, 5.41) is 12.6. The average molecular weight is 229 g/mol. The van der Waals surface area contributed by atoms with E-state index in [0.29, 0.717) is 12.5 Å². The number of aliphatic hydroxyl groups is 1. The van der Waals surface area contributed by atoms with Gasteiger partial charge in [0.2, 0.25) is 0 Å². The minimum absolute atomic E-state index is 0.112. The summed E-state index contributed by atoms with van der Waals surface area (Å²) in [5.41, 5.74) is 0. The molecule has 0 aliphatic heterocycles. The second-order valence-electron chi connectivity index (χ2n) is 4.56. The molecule has 0 aromatic rings. The van der Waals surface area contributed by atoms with E-state index < -0.39 is 0 Å². The first-order valence-electron chi connectivity index (χ1n) is 6.21. The average Bonchev–Trinajstić information content (AvgIpc) is 2.28. The van der Waals surface area contributed by atoms with Gasteiger partial charge in [0.25, 0.3) is 0 Å². The molecule has 0 aromatic carbocycles. The van der Waals surface area contributed by atoms with E-state index in [-0.39, 0.29) is 18.1 Å². The molecule has 1 aliphatic carbocycles. The Morgan fingerprint density at radius 1 is 1.44 bits per heavy atom. The molecule has 2 N–H and O–H groups in total. The van der Waals surface area contributed by atoms with Crippen molar-refractivity contribution in [3.05, 3.63) is 0 Å². The van der Waals surface area contributed by atoms with Crippen molar-refractivity contribution >= 4 is 5.97 Å². The van der Waals surface area contributed by atoms with E-state index in [0.717, 1.165) is 32.2 Å². The molecule has 94 valence electrons. The molecule has 4 heteroatoms. The molecular weight excluding hydrogens is 206 g/mol. The fourth-order valence-corrected chi connectivity index (χ4v) is 2.04. The van der Waals surface area contributed by atoms with Gasteiger partial charge in [0.05, 0.1) is 12.7 Å². The fourth-order valence-electron chi connectivity index (χ4n) is 2.04. The first kappa shape index (κ1) is 13.5. The van der Waals surface area contributed by atoms with Gasteiger partial charge in [-0.3, -0.25) is 4.79 Å². The van der Waals surface area contributed by atoms with Crippen molar-refractivity contribution in [1.29, 1.82) is 0 Å². The zero-order chi connectivity index (χ0) is 12.0. The number of nitrogens with one attached hydrogen (secondary N) is 1. The number of esters is 1. The van der Waals surface area contributed by atoms with E-state index in [9.17, 15) is 9.90 Å². The number of carbonyl (C=O) groups excluding carboxylic acids is 1. The fraction of sp³-hybridized carbons (Fsp3) is 0.917. The Morgan fingerprint density at radius 3 is 2.62 bits per heavy atom. The van der Waals surface area contributed by atoms with Crippen molar-refractivity contribution in [1.82, 2.24) is 5.32 Å². The Kier molecular flexibility index (Phi) is 5.77. The summed E-state index contributed by atoms with van der Waals surface area (Å²) in [4.78, 5) is 11.3. The van der Waals surface area contributed by atoms with E-state index >= 15 is 0 Å². The maximum atomic E-state index is 11.3. The number of carbonyl (C=O) groups is 1. The van der Waals surface area contributed by atoms with E-state index in [1.807, 2.05) is 13.8 Å². The van der Waals surface area contributed by atoms with Gasteiger partial charge in [-0.25, -0.2) is 0 Å². The molecule has 0 aromatic heterocycles. The Bertz CT molecular complexity index is 212. The second kappa shape index (κ2) is 6.86. The van der Waals surface area contributed by atoms with Crippen molar-refractivity contribution in [2.75, 3.05) is 13.2 Å². The maximum absolute atomic E-state index is 11.3. The second-order valence-corrected chi connectivity index (χ2v) is 4.56. The predicted octanol–water partition coefficient (Wildman–Crippen LogP) is 1.08. The standard InChI is InChI=1S/C12H23NO3/c1-3-16-12(15)9(2)13-8-10-4-6-11(14)7-5-10/h9-11,13-14H,3-8H2,1-2H3. The molecular formula is C12H23NO3. The van der Waals surface area contributed by atoms with Gasteiger partial charge < -0.3 is 15.2 Å². The summed E-state index contributed by atoms with van der Waals surface area (Å²) in [6.07, 6.45) is 3.76. The van der Waals surface area contributed by atoms with Crippen molar-refractivity contribution < 1.29 is 14.6 Å². The smallest absolute Gasteiger partial charge is 0.322 e. The molecule has 1 aliphatic rings. The molecule has 1 atom stereocenters. The number of aliphatic hydroxyl groups excluding tert-OH is 1. The van der Waals surface area contributed by atoms with Crippen LogP contribution in [0.25, 0.3) is 0 Å². The van der Waals surface area contributed by atoms with Crippen molar-refractivity contribution in [3.63, 3.8) is 0 Å². The lowest BCUT2D eigenvalue weighted by Gasteiger charge is -2.26. The lowest BCUT2D eigenvalue weighted by molar-refractivity contribution is -0.145. The molecule has 0 saturated heterocycles.